The van der Waals surface area contributed by atoms with Crippen LogP contribution in [0.5, 0.6) is 0 Å². The van der Waals surface area contributed by atoms with Gasteiger partial charge in [-0.25, -0.2) is 0 Å². The molecule has 0 radical (unpaired) electrons. The number of hydrogen-bond donors (Lipinski definition) is 2. The minimum absolute atomic E-state index is 0.161. The molecule has 2 unspecified atom stereocenters. The Morgan fingerprint density at radius 3 is 2.33 bits per heavy atom. The molecule has 0 bridgehead atoms. The highest BCUT2D eigenvalue weighted by Gasteiger charge is 2.48. The van der Waals surface area contributed by atoms with E-state index in [1.54, 1.807) is 0 Å². The highest BCUT2D eigenvalue weighted by atomic mass is 16.3. The quantitative estimate of drug-likeness (QED) is 0.754. The lowest BCUT2D eigenvalue weighted by atomic mass is 9.53. The zero-order valence-corrected chi connectivity index (χ0v) is 10.6. The maximum Gasteiger partial charge on any atom is 0.0437 e. The zero-order chi connectivity index (χ0) is 11.5. The van der Waals surface area contributed by atoms with E-state index >= 15 is 0 Å². The highest BCUT2D eigenvalue weighted by molar-refractivity contribution is 5.01. The van der Waals surface area contributed by atoms with E-state index in [4.69, 9.17) is 5.73 Å². The third-order valence-electron chi connectivity index (χ3n) is 4.73. The van der Waals surface area contributed by atoms with Crippen LogP contribution in [0.25, 0.3) is 0 Å². The Morgan fingerprint density at radius 1 is 1.27 bits per heavy atom. The van der Waals surface area contributed by atoms with E-state index in [0.29, 0.717) is 0 Å². The SMILES string of the molecule is CCC(N)C1(CCO)CCCCC1(C)C. The summed E-state index contributed by atoms with van der Waals surface area (Å²) >= 11 is 0. The van der Waals surface area contributed by atoms with Crippen LogP contribution in [0, 0.1) is 10.8 Å². The summed E-state index contributed by atoms with van der Waals surface area (Å²) in [5.74, 6) is 0. The molecule has 0 saturated heterocycles. The Balaban J connectivity index is 2.95. The summed E-state index contributed by atoms with van der Waals surface area (Å²) in [6, 6.07) is 0.236. The second-order valence-electron chi connectivity index (χ2n) is 5.74. The van der Waals surface area contributed by atoms with Crippen LogP contribution >= 0.6 is 0 Å². The van der Waals surface area contributed by atoms with Gasteiger partial charge in [0.15, 0.2) is 0 Å². The topological polar surface area (TPSA) is 46.2 Å². The van der Waals surface area contributed by atoms with Gasteiger partial charge in [0.25, 0.3) is 0 Å². The molecule has 1 saturated carbocycles. The fourth-order valence-corrected chi connectivity index (χ4v) is 3.52. The van der Waals surface area contributed by atoms with Crippen molar-refractivity contribution in [2.24, 2.45) is 16.6 Å². The molecule has 0 aromatic rings. The van der Waals surface area contributed by atoms with Gasteiger partial charge in [-0.3, -0.25) is 0 Å². The van der Waals surface area contributed by atoms with Crippen LogP contribution in [0.4, 0.5) is 0 Å². The molecule has 15 heavy (non-hydrogen) atoms. The summed E-state index contributed by atoms with van der Waals surface area (Å²) in [7, 11) is 0. The summed E-state index contributed by atoms with van der Waals surface area (Å²) in [5, 5.41) is 9.30. The fraction of sp³-hybridized carbons (Fsp3) is 1.00. The molecule has 0 amide bonds. The van der Waals surface area contributed by atoms with Crippen LogP contribution in [0.2, 0.25) is 0 Å². The minimum atomic E-state index is 0.161. The van der Waals surface area contributed by atoms with E-state index < -0.39 is 0 Å². The van der Waals surface area contributed by atoms with Crippen LogP contribution in [0.3, 0.4) is 0 Å². The van der Waals surface area contributed by atoms with Gasteiger partial charge in [-0.15, -0.1) is 0 Å². The maximum absolute atomic E-state index is 9.30. The van der Waals surface area contributed by atoms with Crippen LogP contribution < -0.4 is 5.73 Å². The molecule has 3 N–H and O–H groups in total. The lowest BCUT2D eigenvalue weighted by molar-refractivity contribution is -0.0300. The number of nitrogens with two attached hydrogens (primary N) is 1. The Morgan fingerprint density at radius 2 is 1.87 bits per heavy atom. The molecular weight excluding hydrogens is 186 g/mol. The Bertz CT molecular complexity index is 199. The average Bonchev–Trinajstić information content (AvgIpc) is 2.20. The molecule has 0 aromatic carbocycles. The van der Waals surface area contributed by atoms with Crippen molar-refractivity contribution < 1.29 is 5.11 Å². The lowest BCUT2D eigenvalue weighted by Gasteiger charge is -2.53. The average molecular weight is 213 g/mol. The lowest BCUT2D eigenvalue weighted by Crippen LogP contribution is -2.53. The molecule has 0 heterocycles. The first kappa shape index (κ1) is 13.0. The van der Waals surface area contributed by atoms with Crippen molar-refractivity contribution in [1.29, 1.82) is 0 Å². The molecule has 2 nitrogen and oxygen atoms in total. The molecule has 1 aliphatic rings. The first-order valence-corrected chi connectivity index (χ1v) is 6.36. The van der Waals surface area contributed by atoms with E-state index in [0.717, 1.165) is 12.8 Å². The van der Waals surface area contributed by atoms with Crippen molar-refractivity contribution in [2.75, 3.05) is 6.61 Å². The number of aliphatic hydroxyl groups is 1. The maximum atomic E-state index is 9.30. The van der Waals surface area contributed by atoms with E-state index in [-0.39, 0.29) is 23.5 Å². The normalized spacial score (nSPS) is 32.6. The second-order valence-corrected chi connectivity index (χ2v) is 5.74. The standard InChI is InChI=1S/C13H27NO/c1-4-11(14)13(9-10-15)8-6-5-7-12(13,2)3/h11,15H,4-10,14H2,1-3H3. The van der Waals surface area contributed by atoms with Crippen molar-refractivity contribution >= 4 is 0 Å². The Kier molecular flexibility index (Phi) is 4.19. The van der Waals surface area contributed by atoms with Crippen molar-refractivity contribution in [2.45, 2.75) is 65.3 Å². The van der Waals surface area contributed by atoms with Gasteiger partial charge in [-0.1, -0.05) is 33.6 Å². The fourth-order valence-electron chi connectivity index (χ4n) is 3.52. The summed E-state index contributed by atoms with van der Waals surface area (Å²) in [6.07, 6.45) is 6.92. The second kappa shape index (κ2) is 4.84. The molecular formula is C13H27NO. The van der Waals surface area contributed by atoms with Gasteiger partial charge in [0, 0.05) is 12.6 Å². The molecule has 2 heteroatoms. The third kappa shape index (κ3) is 2.21. The van der Waals surface area contributed by atoms with E-state index in [9.17, 15) is 5.11 Å². The molecule has 0 aromatic heterocycles. The number of rotatable bonds is 4. The molecule has 2 atom stereocenters. The van der Waals surface area contributed by atoms with Crippen LogP contribution in [-0.4, -0.2) is 17.8 Å². The molecule has 1 aliphatic carbocycles. The monoisotopic (exact) mass is 213 g/mol. The highest BCUT2D eigenvalue weighted by Crippen LogP contribution is 2.54. The van der Waals surface area contributed by atoms with E-state index in [1.165, 1.54) is 25.7 Å². The summed E-state index contributed by atoms with van der Waals surface area (Å²) in [5.41, 5.74) is 6.78. The molecule has 90 valence electrons. The van der Waals surface area contributed by atoms with E-state index in [1.807, 2.05) is 0 Å². The van der Waals surface area contributed by atoms with Crippen LogP contribution in [-0.2, 0) is 0 Å². The Labute approximate surface area is 94.2 Å². The number of aliphatic hydroxyl groups excluding tert-OH is 1. The summed E-state index contributed by atoms with van der Waals surface area (Å²) < 4.78 is 0. The molecule has 0 aliphatic heterocycles. The molecule has 1 rings (SSSR count). The largest absolute Gasteiger partial charge is 0.396 e. The van der Waals surface area contributed by atoms with Gasteiger partial charge in [0.1, 0.15) is 0 Å². The summed E-state index contributed by atoms with van der Waals surface area (Å²) in [4.78, 5) is 0. The van der Waals surface area contributed by atoms with Crippen molar-refractivity contribution in [3.63, 3.8) is 0 Å². The van der Waals surface area contributed by atoms with Crippen molar-refractivity contribution in [3.05, 3.63) is 0 Å². The van der Waals surface area contributed by atoms with Gasteiger partial charge >= 0.3 is 0 Å². The first-order chi connectivity index (χ1) is 7.00. The predicted molar refractivity (Wildman–Crippen MR) is 64.7 cm³/mol. The van der Waals surface area contributed by atoms with E-state index in [2.05, 4.69) is 20.8 Å². The number of hydrogen-bond acceptors (Lipinski definition) is 2. The molecule has 0 spiro atoms. The van der Waals surface area contributed by atoms with Gasteiger partial charge in [0.2, 0.25) is 0 Å². The van der Waals surface area contributed by atoms with Crippen LogP contribution in [0.15, 0.2) is 0 Å². The third-order valence-corrected chi connectivity index (χ3v) is 4.73. The van der Waals surface area contributed by atoms with Gasteiger partial charge in [0.05, 0.1) is 0 Å². The smallest absolute Gasteiger partial charge is 0.0437 e. The summed E-state index contributed by atoms with van der Waals surface area (Å²) in [6.45, 7) is 7.10. The van der Waals surface area contributed by atoms with Crippen LogP contribution in [0.1, 0.15) is 59.3 Å². The first-order valence-electron chi connectivity index (χ1n) is 6.36. The minimum Gasteiger partial charge on any atom is -0.396 e. The molecule has 1 fully saturated rings. The Hall–Kier alpha value is -0.0800. The van der Waals surface area contributed by atoms with Gasteiger partial charge < -0.3 is 10.8 Å². The van der Waals surface area contributed by atoms with Crippen molar-refractivity contribution in [3.8, 4) is 0 Å². The van der Waals surface area contributed by atoms with Gasteiger partial charge in [-0.05, 0) is 36.5 Å². The zero-order valence-electron chi connectivity index (χ0n) is 10.6. The van der Waals surface area contributed by atoms with Gasteiger partial charge in [-0.2, -0.15) is 0 Å². The predicted octanol–water partition coefficient (Wildman–Crippen LogP) is 2.69. The van der Waals surface area contributed by atoms with Crippen molar-refractivity contribution in [1.82, 2.24) is 0 Å².